The molecule has 10 amide bonds. The monoisotopic (exact) mass is 1370 g/mol. The van der Waals surface area contributed by atoms with E-state index in [2.05, 4.69) is 75.1 Å². The lowest BCUT2D eigenvalue weighted by Crippen LogP contribution is -2.62. The van der Waals surface area contributed by atoms with E-state index in [9.17, 15) is 63.3 Å². The van der Waals surface area contributed by atoms with E-state index in [0.717, 1.165) is 25.7 Å². The van der Waals surface area contributed by atoms with Crippen LogP contribution in [0, 0.1) is 11.8 Å². The molecule has 0 radical (unpaired) electrons. The maximum atomic E-state index is 14.8. The van der Waals surface area contributed by atoms with Crippen LogP contribution in [0.15, 0.2) is 65.9 Å². The van der Waals surface area contributed by atoms with Crippen molar-refractivity contribution < 1.29 is 63.3 Å². The largest absolute Gasteiger partial charge is 0.394 e. The zero-order valence-electron chi connectivity index (χ0n) is 58.5. The van der Waals surface area contributed by atoms with Crippen LogP contribution < -0.4 is 64.6 Å². The van der Waals surface area contributed by atoms with E-state index in [-0.39, 0.29) is 62.9 Å². The molecule has 28 heteroatoms. The van der Waals surface area contributed by atoms with Gasteiger partial charge >= 0.3 is 0 Å². The second-order valence-corrected chi connectivity index (χ2v) is 26.3. The molecule has 0 unspecified atom stereocenters. The predicted octanol–water partition coefficient (Wildman–Crippen LogP) is 2.56. The molecular weight excluding hydrogens is 1260 g/mol. The molecule has 0 saturated carbocycles. The third kappa shape index (κ3) is 28.4. The number of guanidine groups is 1. The number of para-hydroxylation sites is 2. The topological polar surface area (TPSA) is 448 Å². The van der Waals surface area contributed by atoms with Gasteiger partial charge in [0.15, 0.2) is 5.96 Å². The number of amides is 10. The van der Waals surface area contributed by atoms with Crippen molar-refractivity contribution in [1.82, 2.24) is 63.1 Å². The number of nitrogens with two attached hydrogens (primary N) is 2. The standard InChI is InChI=1S/C70H111N15O13/c1-9-10-11-12-13-14-15-16-17-18-19-20-21-32-59(89)78-57(40-86)67(96)82-55(36-46-38-75-50-29-24-22-27-48(46)50)65(94)84-58(41-87)68(97)79-52(31-26-33-74-70(71)72)63(92)81-56(37-47-39-76-51-30-25-23-28-49(47)51)66(95)85-60(45(7)88)69(98)83-54(35-43(4)5)64(93)77-44(6)61(90)80-53(34-42(2)3)62(91)73-8/h22-25,27-30,38-39,42-45,52-58,60,75-76,86-88H,9-21,26,31-37,40-41H2,1-8H3,(H,73,91)(H,77,93)(H,78,89)(H,79,97)(H,80,90)(H,81,92)(H,82,96)(H,83,98)(H,84,94)(H,85,95)(H4,71,72,74)/t44-,45+,52-,53-,54-,55+,56-,57-,58-,60-/m0/s1. The van der Waals surface area contributed by atoms with Crippen molar-refractivity contribution in [3.05, 3.63) is 72.1 Å². The highest BCUT2D eigenvalue weighted by atomic mass is 16.3. The molecule has 0 spiro atoms. The number of carbonyl (C=O) groups is 10. The highest BCUT2D eigenvalue weighted by Gasteiger charge is 2.37. The first kappa shape index (κ1) is 81.8. The molecule has 0 bridgehead atoms. The van der Waals surface area contributed by atoms with Crippen molar-refractivity contribution in [1.29, 1.82) is 0 Å². The number of rotatable bonds is 47. The molecule has 0 fully saturated rings. The van der Waals surface area contributed by atoms with E-state index in [4.69, 9.17) is 11.5 Å². The van der Waals surface area contributed by atoms with Crippen LogP contribution in [0.3, 0.4) is 0 Å². The number of benzene rings is 2. The third-order valence-electron chi connectivity index (χ3n) is 16.9. The number of aliphatic imine (C=N–C) groups is 1. The number of H-pyrrole nitrogens is 2. The van der Waals surface area contributed by atoms with Gasteiger partial charge < -0.3 is 89.9 Å². The number of aliphatic hydroxyl groups excluding tert-OH is 3. The summed E-state index contributed by atoms with van der Waals surface area (Å²) in [6, 6.07) is 1.36. The van der Waals surface area contributed by atoms with Gasteiger partial charge in [0.2, 0.25) is 59.1 Å². The summed E-state index contributed by atoms with van der Waals surface area (Å²) in [4.78, 5) is 150. The quantitative estimate of drug-likeness (QED) is 0.0172. The van der Waals surface area contributed by atoms with E-state index in [1.54, 1.807) is 68.7 Å². The van der Waals surface area contributed by atoms with Crippen LogP contribution in [0.2, 0.25) is 0 Å². The number of hydrogen-bond acceptors (Lipinski definition) is 14. The average molecular weight is 1370 g/mol. The highest BCUT2D eigenvalue weighted by molar-refractivity contribution is 5.99. The maximum absolute atomic E-state index is 14.8. The Morgan fingerprint density at radius 3 is 1.33 bits per heavy atom. The first-order chi connectivity index (χ1) is 46.8. The van der Waals surface area contributed by atoms with Crippen LogP contribution in [0.25, 0.3) is 21.8 Å². The number of fused-ring (bicyclic) bond motifs is 2. The molecule has 28 nitrogen and oxygen atoms in total. The number of likely N-dealkylation sites (N-methyl/N-ethyl adjacent to an activating group) is 1. The minimum Gasteiger partial charge on any atom is -0.394 e. The zero-order chi connectivity index (χ0) is 72.3. The van der Waals surface area contributed by atoms with E-state index in [1.165, 1.54) is 72.3 Å². The Labute approximate surface area is 575 Å². The molecule has 0 aliphatic carbocycles. The van der Waals surface area contributed by atoms with Gasteiger partial charge in [-0.2, -0.15) is 0 Å². The lowest BCUT2D eigenvalue weighted by Gasteiger charge is -2.29. The molecule has 10 atom stereocenters. The Bertz CT molecular complexity index is 3220. The number of aromatic amines is 2. The zero-order valence-corrected chi connectivity index (χ0v) is 58.5. The molecule has 0 aliphatic heterocycles. The summed E-state index contributed by atoms with van der Waals surface area (Å²) in [6.07, 6.45) is 16.1. The molecule has 0 aliphatic rings. The van der Waals surface area contributed by atoms with Crippen molar-refractivity contribution in [2.75, 3.05) is 26.8 Å². The second kappa shape index (κ2) is 43.6. The van der Waals surface area contributed by atoms with Crippen LogP contribution in [0.1, 0.15) is 175 Å². The number of aliphatic hydroxyl groups is 3. The lowest BCUT2D eigenvalue weighted by molar-refractivity contribution is -0.137. The van der Waals surface area contributed by atoms with Gasteiger partial charge in [0.05, 0.1) is 19.3 Å². The highest BCUT2D eigenvalue weighted by Crippen LogP contribution is 2.22. The van der Waals surface area contributed by atoms with Crippen LogP contribution in [-0.2, 0) is 60.8 Å². The third-order valence-corrected chi connectivity index (χ3v) is 16.9. The molecule has 2 aromatic heterocycles. The molecular formula is C70H111N15O13. The van der Waals surface area contributed by atoms with Gasteiger partial charge in [0, 0.05) is 67.1 Å². The summed E-state index contributed by atoms with van der Waals surface area (Å²) >= 11 is 0. The van der Waals surface area contributed by atoms with Gasteiger partial charge in [0.1, 0.15) is 54.4 Å². The number of nitrogens with one attached hydrogen (secondary N) is 12. The fraction of sp³-hybridized carbons (Fsp3) is 0.614. The molecule has 0 saturated heterocycles. The van der Waals surface area contributed by atoms with E-state index in [1.807, 2.05) is 19.9 Å². The Balaban J connectivity index is 1.55. The molecule has 4 aromatic rings. The Morgan fingerprint density at radius 2 is 0.857 bits per heavy atom. The summed E-state index contributed by atoms with van der Waals surface area (Å²) in [5, 5.41) is 59.6. The van der Waals surface area contributed by atoms with Crippen LogP contribution in [-0.4, -0.2) is 178 Å². The normalized spacial score (nSPS) is 14.5. The summed E-state index contributed by atoms with van der Waals surface area (Å²) in [7, 11) is 1.44. The number of aromatic nitrogens is 2. The van der Waals surface area contributed by atoms with Crippen molar-refractivity contribution in [2.24, 2.45) is 28.3 Å². The van der Waals surface area contributed by atoms with Crippen molar-refractivity contribution >= 4 is 86.8 Å². The lowest BCUT2D eigenvalue weighted by atomic mass is 10.0. The first-order valence-electron chi connectivity index (χ1n) is 34.8. The summed E-state index contributed by atoms with van der Waals surface area (Å²) in [5.74, 6) is -8.64. The number of carbonyl (C=O) groups excluding carboxylic acids is 10. The fourth-order valence-electron chi connectivity index (χ4n) is 11.5. The number of nitrogens with zero attached hydrogens (tertiary/aromatic N) is 1. The van der Waals surface area contributed by atoms with E-state index < -0.39 is 133 Å². The Hall–Kier alpha value is -8.63. The predicted molar refractivity (Wildman–Crippen MR) is 376 cm³/mol. The Kier molecular flexibility index (Phi) is 36.4. The second-order valence-electron chi connectivity index (χ2n) is 26.3. The van der Waals surface area contributed by atoms with Gasteiger partial charge in [-0.25, -0.2) is 0 Å². The fourth-order valence-corrected chi connectivity index (χ4v) is 11.5. The van der Waals surface area contributed by atoms with Crippen molar-refractivity contribution in [3.63, 3.8) is 0 Å². The van der Waals surface area contributed by atoms with Crippen LogP contribution >= 0.6 is 0 Å². The molecule has 98 heavy (non-hydrogen) atoms. The molecule has 2 aromatic carbocycles. The van der Waals surface area contributed by atoms with E-state index >= 15 is 0 Å². The molecule has 544 valence electrons. The first-order valence-corrected chi connectivity index (χ1v) is 34.8. The van der Waals surface area contributed by atoms with Crippen LogP contribution in [0.4, 0.5) is 0 Å². The summed E-state index contributed by atoms with van der Waals surface area (Å²) in [5.41, 5.74) is 13.7. The van der Waals surface area contributed by atoms with Gasteiger partial charge in [-0.3, -0.25) is 52.9 Å². The van der Waals surface area contributed by atoms with E-state index in [0.29, 0.717) is 45.8 Å². The molecule has 2 heterocycles. The van der Waals surface area contributed by atoms with Gasteiger partial charge in [-0.05, 0) is 81.0 Å². The van der Waals surface area contributed by atoms with Gasteiger partial charge in [-0.15, -0.1) is 0 Å². The van der Waals surface area contributed by atoms with Crippen molar-refractivity contribution in [3.8, 4) is 0 Å². The van der Waals surface area contributed by atoms with Gasteiger partial charge in [-0.1, -0.05) is 148 Å². The minimum atomic E-state index is -1.78. The number of hydrogen-bond donors (Lipinski definition) is 17. The van der Waals surface area contributed by atoms with Gasteiger partial charge in [0.25, 0.3) is 0 Å². The summed E-state index contributed by atoms with van der Waals surface area (Å²) < 4.78 is 0. The Morgan fingerprint density at radius 1 is 0.459 bits per heavy atom. The maximum Gasteiger partial charge on any atom is 0.245 e. The molecule has 4 rings (SSSR count). The van der Waals surface area contributed by atoms with Crippen molar-refractivity contribution in [2.45, 2.75) is 237 Å². The molecule has 19 N–H and O–H groups in total. The average Bonchev–Trinajstić information content (AvgIpc) is 1.63. The smallest absolute Gasteiger partial charge is 0.245 e. The van der Waals surface area contributed by atoms with Crippen LogP contribution in [0.5, 0.6) is 0 Å². The number of unbranched alkanes of at least 4 members (excludes halogenated alkanes) is 12. The summed E-state index contributed by atoms with van der Waals surface area (Å²) in [6.45, 7) is 10.3. The minimum absolute atomic E-state index is 0.0328. The SMILES string of the molecule is CCCCCCCCCCCCCCCC(=O)N[C@@H](CO)C(=O)N[C@H](Cc1c[nH]c2ccccc12)C(=O)N[C@@H](CO)C(=O)N[C@@H](CCCN=C(N)N)C(=O)N[C@@H](Cc1c[nH]c2ccccc12)C(=O)N[C@H](C(=O)N[C@@H](CC(C)C)C(=O)N[C@@H](C)C(=O)N[C@@H](CC(C)C)C(=O)NC)[C@@H](C)O.